The lowest BCUT2D eigenvalue weighted by molar-refractivity contribution is 0.00933. The molecular weight excluding hydrogens is 452 g/mol. The van der Waals surface area contributed by atoms with Gasteiger partial charge in [0.05, 0.1) is 18.7 Å². The molecule has 1 aromatic heterocycles. The van der Waals surface area contributed by atoms with Crippen LogP contribution in [0.4, 0.5) is 0 Å². The number of fused-ring (bicyclic) bond motifs is 1. The first kappa shape index (κ1) is 25.9. The third kappa shape index (κ3) is 5.77. The van der Waals surface area contributed by atoms with Gasteiger partial charge in [-0.3, -0.25) is 4.68 Å². The second-order valence-corrected chi connectivity index (χ2v) is 11.0. The fraction of sp³-hybridized carbons (Fsp3) is 0.400. The van der Waals surface area contributed by atoms with Crippen molar-refractivity contribution in [1.82, 2.24) is 9.78 Å². The number of nitrogens with zero attached hydrogens (tertiary/aromatic N) is 2. The monoisotopic (exact) mass is 488 g/mol. The van der Waals surface area contributed by atoms with Gasteiger partial charge in [-0.2, -0.15) is 5.10 Å². The van der Waals surface area contributed by atoms with Crippen molar-refractivity contribution in [1.29, 1.82) is 0 Å². The fourth-order valence-electron chi connectivity index (χ4n) is 4.76. The van der Waals surface area contributed by atoms with Gasteiger partial charge in [-0.1, -0.05) is 64.1 Å². The van der Waals surface area contributed by atoms with Crippen molar-refractivity contribution in [2.24, 2.45) is 0 Å². The molecule has 0 saturated carbocycles. The van der Waals surface area contributed by atoms with Crippen LogP contribution in [0.15, 0.2) is 54.9 Å². The molecule has 6 heteroatoms. The number of carbonyl (C=O) groups is 1. The smallest absolute Gasteiger partial charge is 0.338 e. The van der Waals surface area contributed by atoms with Crippen molar-refractivity contribution in [3.05, 3.63) is 88.2 Å². The standard InChI is InChI=1S/C30H36N2O4/c1-29(2)12-13-30(3,4)27-17-24(18-32-15-5-14-31-32)23(16-26(27)29)11-8-21-6-9-22(10-7-21)28(35)36-20-25(34)19-33/h5-11,14-17,25,33-34H,12-13,18-20H2,1-4H3. The third-order valence-corrected chi connectivity index (χ3v) is 7.22. The van der Waals surface area contributed by atoms with Gasteiger partial charge in [-0.15, -0.1) is 0 Å². The molecule has 1 aliphatic carbocycles. The molecule has 0 aliphatic heterocycles. The van der Waals surface area contributed by atoms with E-state index in [0.29, 0.717) is 12.1 Å². The Kier molecular flexibility index (Phi) is 7.48. The second kappa shape index (κ2) is 10.4. The number of ether oxygens (including phenoxy) is 1. The van der Waals surface area contributed by atoms with Crippen molar-refractivity contribution in [3.8, 4) is 0 Å². The van der Waals surface area contributed by atoms with Crippen LogP contribution in [-0.4, -0.2) is 45.3 Å². The van der Waals surface area contributed by atoms with E-state index in [1.165, 1.54) is 16.7 Å². The average Bonchev–Trinajstić information content (AvgIpc) is 3.37. The fourth-order valence-corrected chi connectivity index (χ4v) is 4.76. The van der Waals surface area contributed by atoms with E-state index in [-0.39, 0.29) is 17.4 Å². The Balaban J connectivity index is 1.63. The van der Waals surface area contributed by atoms with Crippen LogP contribution in [0.3, 0.4) is 0 Å². The zero-order valence-corrected chi connectivity index (χ0v) is 21.6. The molecule has 36 heavy (non-hydrogen) atoms. The summed E-state index contributed by atoms with van der Waals surface area (Å²) >= 11 is 0. The maximum Gasteiger partial charge on any atom is 0.338 e. The first-order chi connectivity index (χ1) is 17.1. The molecule has 2 aromatic carbocycles. The first-order valence-corrected chi connectivity index (χ1v) is 12.5. The van der Waals surface area contributed by atoms with Crippen LogP contribution >= 0.6 is 0 Å². The zero-order valence-electron chi connectivity index (χ0n) is 21.6. The summed E-state index contributed by atoms with van der Waals surface area (Å²) in [7, 11) is 0. The summed E-state index contributed by atoms with van der Waals surface area (Å²) in [5, 5.41) is 22.7. The highest BCUT2D eigenvalue weighted by Crippen LogP contribution is 2.46. The molecular formula is C30H36N2O4. The summed E-state index contributed by atoms with van der Waals surface area (Å²) < 4.78 is 6.98. The van der Waals surface area contributed by atoms with E-state index in [2.05, 4.69) is 57.1 Å². The lowest BCUT2D eigenvalue weighted by Gasteiger charge is -2.42. The average molecular weight is 489 g/mol. The Morgan fingerprint density at radius 1 is 1.08 bits per heavy atom. The summed E-state index contributed by atoms with van der Waals surface area (Å²) in [4.78, 5) is 12.2. The molecule has 0 spiro atoms. The number of benzene rings is 2. The number of rotatable bonds is 8. The maximum atomic E-state index is 12.2. The van der Waals surface area contributed by atoms with Crippen molar-refractivity contribution < 1.29 is 19.7 Å². The lowest BCUT2D eigenvalue weighted by Crippen LogP contribution is -2.34. The molecule has 0 saturated heterocycles. The van der Waals surface area contributed by atoms with Gasteiger partial charge in [0.1, 0.15) is 12.7 Å². The molecule has 0 radical (unpaired) electrons. The highest BCUT2D eigenvalue weighted by atomic mass is 16.5. The van der Waals surface area contributed by atoms with Crippen LogP contribution in [0, 0.1) is 0 Å². The number of aromatic nitrogens is 2. The lowest BCUT2D eigenvalue weighted by atomic mass is 9.62. The SMILES string of the molecule is CC1(C)CCC(C)(C)c2cc(Cn3cccn3)c(C=Cc3ccc(C(=O)OCC(O)CO)cc3)cc21. The predicted octanol–water partition coefficient (Wildman–Crippen LogP) is 4.96. The van der Waals surface area contributed by atoms with Gasteiger partial charge >= 0.3 is 5.97 Å². The van der Waals surface area contributed by atoms with Crippen molar-refractivity contribution in [2.45, 2.75) is 64.0 Å². The third-order valence-electron chi connectivity index (χ3n) is 7.22. The van der Waals surface area contributed by atoms with Crippen LogP contribution < -0.4 is 0 Å². The van der Waals surface area contributed by atoms with Gasteiger partial charge in [-0.05, 0) is 69.7 Å². The Morgan fingerprint density at radius 2 is 1.75 bits per heavy atom. The predicted molar refractivity (Wildman–Crippen MR) is 142 cm³/mol. The number of aliphatic hydroxyl groups excluding tert-OH is 2. The minimum Gasteiger partial charge on any atom is -0.459 e. The van der Waals surface area contributed by atoms with Crippen molar-refractivity contribution >= 4 is 18.1 Å². The Bertz CT molecular complexity index is 1220. The van der Waals surface area contributed by atoms with Crippen LogP contribution in [0.5, 0.6) is 0 Å². The van der Waals surface area contributed by atoms with Crippen LogP contribution in [0.25, 0.3) is 12.2 Å². The maximum absolute atomic E-state index is 12.2. The van der Waals surface area contributed by atoms with E-state index in [1.54, 1.807) is 18.3 Å². The number of hydrogen-bond donors (Lipinski definition) is 2. The minimum absolute atomic E-state index is 0.114. The molecule has 0 bridgehead atoms. The summed E-state index contributed by atoms with van der Waals surface area (Å²) in [5.74, 6) is -0.529. The molecule has 4 rings (SSSR count). The van der Waals surface area contributed by atoms with Crippen LogP contribution in [0.2, 0.25) is 0 Å². The van der Waals surface area contributed by atoms with Crippen LogP contribution in [0.1, 0.15) is 78.7 Å². The summed E-state index contributed by atoms with van der Waals surface area (Å²) in [6, 6.07) is 13.8. The zero-order chi connectivity index (χ0) is 25.9. The highest BCUT2D eigenvalue weighted by molar-refractivity contribution is 5.89. The molecule has 1 aliphatic rings. The van der Waals surface area contributed by atoms with E-state index in [4.69, 9.17) is 9.84 Å². The molecule has 0 fully saturated rings. The quantitative estimate of drug-likeness (QED) is 0.346. The largest absolute Gasteiger partial charge is 0.459 e. The molecule has 3 aromatic rings. The van der Waals surface area contributed by atoms with Gasteiger partial charge in [0.2, 0.25) is 0 Å². The number of carbonyl (C=O) groups excluding carboxylic acids is 1. The molecule has 1 unspecified atom stereocenters. The van der Waals surface area contributed by atoms with Gasteiger partial charge in [0, 0.05) is 12.4 Å². The van der Waals surface area contributed by atoms with Crippen LogP contribution in [-0.2, 0) is 22.1 Å². The molecule has 6 nitrogen and oxygen atoms in total. The molecule has 1 atom stereocenters. The minimum atomic E-state index is -1.07. The van der Waals surface area contributed by atoms with E-state index < -0.39 is 18.7 Å². The van der Waals surface area contributed by atoms with E-state index >= 15 is 0 Å². The molecule has 1 heterocycles. The van der Waals surface area contributed by atoms with E-state index in [1.807, 2.05) is 29.1 Å². The van der Waals surface area contributed by atoms with Gasteiger partial charge in [0.15, 0.2) is 0 Å². The Hall–Kier alpha value is -3.22. The summed E-state index contributed by atoms with van der Waals surface area (Å²) in [6.45, 7) is 9.36. The van der Waals surface area contributed by atoms with Gasteiger partial charge in [0.25, 0.3) is 0 Å². The van der Waals surface area contributed by atoms with Gasteiger partial charge in [-0.25, -0.2) is 4.79 Å². The Labute approximate surface area is 213 Å². The van der Waals surface area contributed by atoms with Crippen molar-refractivity contribution in [2.75, 3.05) is 13.2 Å². The number of hydrogen-bond acceptors (Lipinski definition) is 5. The van der Waals surface area contributed by atoms with E-state index in [0.717, 1.165) is 24.0 Å². The number of esters is 1. The first-order valence-electron chi connectivity index (χ1n) is 12.5. The molecule has 190 valence electrons. The Morgan fingerprint density at radius 3 is 2.36 bits per heavy atom. The molecule has 2 N–H and O–H groups in total. The number of aliphatic hydroxyl groups is 2. The van der Waals surface area contributed by atoms with Gasteiger partial charge < -0.3 is 14.9 Å². The second-order valence-electron chi connectivity index (χ2n) is 11.0. The van der Waals surface area contributed by atoms with Crippen molar-refractivity contribution in [3.63, 3.8) is 0 Å². The summed E-state index contributed by atoms with van der Waals surface area (Å²) in [5.41, 5.74) is 6.82. The highest BCUT2D eigenvalue weighted by Gasteiger charge is 2.37. The summed E-state index contributed by atoms with van der Waals surface area (Å²) in [6.07, 6.45) is 9.23. The normalized spacial score (nSPS) is 17.1. The van der Waals surface area contributed by atoms with E-state index in [9.17, 15) is 9.90 Å². The molecule has 0 amide bonds. The topological polar surface area (TPSA) is 84.6 Å².